The highest BCUT2D eigenvalue weighted by Crippen LogP contribution is 2.53. The number of hydrogen-bond acceptors (Lipinski definition) is 6. The van der Waals surface area contributed by atoms with Crippen molar-refractivity contribution in [1.82, 2.24) is 9.80 Å². The Morgan fingerprint density at radius 2 is 2.07 bits per heavy atom. The van der Waals surface area contributed by atoms with Crippen molar-refractivity contribution in [2.75, 3.05) is 26.3 Å². The fraction of sp³-hybridized carbons (Fsp3) is 0.682. The molecule has 8 heteroatoms. The molecule has 0 radical (unpaired) electrons. The van der Waals surface area contributed by atoms with Crippen LogP contribution in [0.15, 0.2) is 24.3 Å². The second-order valence-electron chi connectivity index (χ2n) is 8.51. The minimum atomic E-state index is -1.24. The maximum absolute atomic E-state index is 13.7. The van der Waals surface area contributed by atoms with Crippen LogP contribution in [0.25, 0.3) is 0 Å². The number of cyclic esters (lactones) is 1. The first-order chi connectivity index (χ1) is 14.5. The van der Waals surface area contributed by atoms with E-state index < -0.39 is 35.6 Å². The van der Waals surface area contributed by atoms with Crippen LogP contribution < -0.4 is 0 Å². The lowest BCUT2D eigenvalue weighted by Crippen LogP contribution is -2.57. The molecule has 0 bridgehead atoms. The van der Waals surface area contributed by atoms with Gasteiger partial charge >= 0.3 is 5.97 Å². The number of fused-ring (bicyclic) bond motifs is 2. The minimum Gasteiger partial charge on any atom is -0.465 e. The molecule has 0 aromatic carbocycles. The molecule has 0 saturated carbocycles. The van der Waals surface area contributed by atoms with Gasteiger partial charge in [-0.25, -0.2) is 0 Å². The van der Waals surface area contributed by atoms with Gasteiger partial charge in [-0.2, -0.15) is 0 Å². The van der Waals surface area contributed by atoms with Crippen LogP contribution in [0.4, 0.5) is 0 Å². The maximum atomic E-state index is 13.7. The normalized spacial score (nSPS) is 36.6. The van der Waals surface area contributed by atoms with E-state index in [1.807, 2.05) is 25.2 Å². The molecule has 0 aromatic heterocycles. The summed E-state index contributed by atoms with van der Waals surface area (Å²) in [4.78, 5) is 43.2. The summed E-state index contributed by atoms with van der Waals surface area (Å²) in [5.74, 6) is -2.66. The quantitative estimate of drug-likeness (QED) is 0.520. The highest BCUT2D eigenvalue weighted by molar-refractivity contribution is 5.99. The molecule has 4 heterocycles. The molecule has 0 aromatic rings. The van der Waals surface area contributed by atoms with Crippen molar-refractivity contribution < 1.29 is 29.0 Å². The second-order valence-corrected chi connectivity index (χ2v) is 8.51. The molecular weight excluding hydrogens is 388 g/mol. The van der Waals surface area contributed by atoms with Gasteiger partial charge in [0.1, 0.15) is 17.6 Å². The lowest BCUT2D eigenvalue weighted by molar-refractivity contribution is -0.155. The second kappa shape index (κ2) is 8.15. The third-order valence-corrected chi connectivity index (χ3v) is 6.73. The predicted octanol–water partition coefficient (Wildman–Crippen LogP) is 0.650. The van der Waals surface area contributed by atoms with Crippen LogP contribution in [0.1, 0.15) is 33.1 Å². The number of nitrogens with zero attached hydrogens (tertiary/aromatic N) is 2. The predicted molar refractivity (Wildman–Crippen MR) is 107 cm³/mol. The molecule has 2 fully saturated rings. The molecule has 164 valence electrons. The molecule has 4 rings (SSSR count). The topological polar surface area (TPSA) is 96.4 Å². The Balaban J connectivity index is 1.79. The number of carbonyl (C=O) groups is 3. The summed E-state index contributed by atoms with van der Waals surface area (Å²) in [5.41, 5.74) is -1.24. The minimum absolute atomic E-state index is 0.00682. The highest BCUT2D eigenvalue weighted by Gasteiger charge is 2.71. The molecule has 2 amide bonds. The summed E-state index contributed by atoms with van der Waals surface area (Å²) < 4.78 is 11.8. The van der Waals surface area contributed by atoms with Gasteiger partial charge in [-0.3, -0.25) is 14.4 Å². The molecule has 0 aliphatic carbocycles. The average molecular weight is 418 g/mol. The van der Waals surface area contributed by atoms with Gasteiger partial charge in [0, 0.05) is 19.1 Å². The number of amides is 2. The molecule has 2 unspecified atom stereocenters. The third-order valence-electron chi connectivity index (χ3n) is 6.73. The standard InChI is InChI=1S/C22H30N2O6/c1-3-7-14(2)23-10-6-9-22-17(19(26)24(11-12-25)18(22)20(23)27)16-15(30-22)8-4-5-13-29-21(16)28/h4,6,8-9,14-18,25H,3,5,7,10-13H2,1-2H3/t14?,15-,16+,17+,18?,22+/m1/s1. The van der Waals surface area contributed by atoms with Crippen LogP contribution in [-0.2, 0) is 23.9 Å². The number of esters is 1. The van der Waals surface area contributed by atoms with Crippen molar-refractivity contribution >= 4 is 17.8 Å². The molecular formula is C22H30N2O6. The van der Waals surface area contributed by atoms with E-state index in [1.165, 1.54) is 4.90 Å². The number of hydrogen-bond donors (Lipinski definition) is 1. The molecule has 8 nitrogen and oxygen atoms in total. The Morgan fingerprint density at radius 1 is 1.27 bits per heavy atom. The van der Waals surface area contributed by atoms with Crippen LogP contribution in [0, 0.1) is 11.8 Å². The summed E-state index contributed by atoms with van der Waals surface area (Å²) in [7, 11) is 0. The number of aliphatic hydroxyl groups excluding tert-OH is 1. The van der Waals surface area contributed by atoms with Crippen molar-refractivity contribution in [2.45, 2.75) is 56.9 Å². The Morgan fingerprint density at radius 3 is 2.80 bits per heavy atom. The first-order valence-electron chi connectivity index (χ1n) is 10.9. The van der Waals surface area contributed by atoms with Crippen LogP contribution in [0.5, 0.6) is 0 Å². The smallest absolute Gasteiger partial charge is 0.312 e. The SMILES string of the molecule is CCCC(C)N1CC=C[C@]23O[C@@H]4C=CCCOC(=O)[C@@H]4[C@H]2C(=O)N(CCO)C3C1=O. The molecule has 4 aliphatic heterocycles. The van der Waals surface area contributed by atoms with E-state index >= 15 is 0 Å². The van der Waals surface area contributed by atoms with Crippen LogP contribution >= 0.6 is 0 Å². The fourth-order valence-corrected chi connectivity index (χ4v) is 5.44. The zero-order chi connectivity index (χ0) is 21.5. The maximum Gasteiger partial charge on any atom is 0.312 e. The van der Waals surface area contributed by atoms with Crippen molar-refractivity contribution in [3.63, 3.8) is 0 Å². The van der Waals surface area contributed by atoms with Crippen LogP contribution in [0.3, 0.4) is 0 Å². The number of aliphatic hydroxyl groups is 1. The number of rotatable bonds is 5. The highest BCUT2D eigenvalue weighted by atomic mass is 16.6. The molecule has 1 N–H and O–H groups in total. The number of β-amino-alcohol motifs (C(OH)–C–C–N with tert-alkyl or cyclic N) is 1. The first kappa shape index (κ1) is 21.1. The number of carbonyl (C=O) groups excluding carboxylic acids is 3. The van der Waals surface area contributed by atoms with Gasteiger partial charge in [0.05, 0.1) is 25.2 Å². The Hall–Kier alpha value is -2.19. The van der Waals surface area contributed by atoms with Gasteiger partial charge < -0.3 is 24.4 Å². The zero-order valence-electron chi connectivity index (χ0n) is 17.5. The summed E-state index contributed by atoms with van der Waals surface area (Å²) in [6, 6.07) is -0.901. The van der Waals surface area contributed by atoms with E-state index in [0.717, 1.165) is 12.8 Å². The van der Waals surface area contributed by atoms with Gasteiger partial charge in [0.25, 0.3) is 0 Å². The van der Waals surface area contributed by atoms with Crippen LogP contribution in [-0.4, -0.2) is 82.8 Å². The van der Waals surface area contributed by atoms with Gasteiger partial charge in [0.2, 0.25) is 11.8 Å². The fourth-order valence-electron chi connectivity index (χ4n) is 5.44. The van der Waals surface area contributed by atoms with Crippen molar-refractivity contribution in [2.24, 2.45) is 11.8 Å². The molecule has 2 saturated heterocycles. The van der Waals surface area contributed by atoms with Crippen molar-refractivity contribution in [3.05, 3.63) is 24.3 Å². The van der Waals surface area contributed by atoms with Gasteiger partial charge in [-0.15, -0.1) is 0 Å². The zero-order valence-corrected chi connectivity index (χ0v) is 17.5. The number of ether oxygens (including phenoxy) is 2. The average Bonchev–Trinajstić information content (AvgIpc) is 3.07. The van der Waals surface area contributed by atoms with E-state index in [2.05, 4.69) is 6.92 Å². The largest absolute Gasteiger partial charge is 0.465 e. The summed E-state index contributed by atoms with van der Waals surface area (Å²) in [6.45, 7) is 4.49. The Kier molecular flexibility index (Phi) is 5.72. The Bertz CT molecular complexity index is 780. The van der Waals surface area contributed by atoms with Crippen molar-refractivity contribution in [3.8, 4) is 0 Å². The van der Waals surface area contributed by atoms with Crippen LogP contribution in [0.2, 0.25) is 0 Å². The van der Waals surface area contributed by atoms with E-state index in [0.29, 0.717) is 13.0 Å². The monoisotopic (exact) mass is 418 g/mol. The van der Waals surface area contributed by atoms with E-state index in [-0.39, 0.29) is 37.6 Å². The first-order valence-corrected chi connectivity index (χ1v) is 10.9. The summed E-state index contributed by atoms with van der Waals surface area (Å²) >= 11 is 0. The van der Waals surface area contributed by atoms with Gasteiger partial charge in [-0.1, -0.05) is 37.6 Å². The van der Waals surface area contributed by atoms with Gasteiger partial charge in [-0.05, 0) is 19.8 Å². The summed E-state index contributed by atoms with van der Waals surface area (Å²) in [6.07, 6.45) is 9.14. The lowest BCUT2D eigenvalue weighted by Gasteiger charge is -2.37. The van der Waals surface area contributed by atoms with E-state index in [4.69, 9.17) is 9.47 Å². The molecule has 4 aliphatic rings. The third kappa shape index (κ3) is 3.08. The van der Waals surface area contributed by atoms with E-state index in [1.54, 1.807) is 11.0 Å². The molecule has 30 heavy (non-hydrogen) atoms. The van der Waals surface area contributed by atoms with E-state index in [9.17, 15) is 19.5 Å². The molecule has 6 atom stereocenters. The molecule has 1 spiro atoms. The van der Waals surface area contributed by atoms with Gasteiger partial charge in [0.15, 0.2) is 0 Å². The Labute approximate surface area is 176 Å². The summed E-state index contributed by atoms with van der Waals surface area (Å²) in [5, 5.41) is 9.60. The van der Waals surface area contributed by atoms with Crippen molar-refractivity contribution in [1.29, 1.82) is 0 Å². The lowest BCUT2D eigenvalue weighted by atomic mass is 9.77. The number of likely N-dealkylation sites (tertiary alicyclic amines) is 1.